The molecule has 1 fully saturated rings. The van der Waals surface area contributed by atoms with Crippen LogP contribution in [0.1, 0.15) is 68.0 Å². The van der Waals surface area contributed by atoms with Gasteiger partial charge in [0.05, 0.1) is 29.2 Å². The van der Waals surface area contributed by atoms with Crippen LogP contribution >= 0.6 is 0 Å². The fraction of sp³-hybridized carbons (Fsp3) is 0.565. The molecule has 186 valence electrons. The van der Waals surface area contributed by atoms with E-state index in [1.165, 1.54) is 20.0 Å². The Morgan fingerprint density at radius 2 is 2.00 bits per heavy atom. The van der Waals surface area contributed by atoms with Gasteiger partial charge in [0.1, 0.15) is 6.61 Å². The van der Waals surface area contributed by atoms with Gasteiger partial charge in [0, 0.05) is 25.2 Å². The molecule has 0 spiro atoms. The minimum atomic E-state index is -4.65. The Balaban J connectivity index is 1.66. The number of carbonyl (C=O) groups is 1. The topological polar surface area (TPSA) is 81.5 Å². The largest absolute Gasteiger partial charge is 0.464 e. The predicted molar refractivity (Wildman–Crippen MR) is 118 cm³/mol. The highest BCUT2D eigenvalue weighted by molar-refractivity contribution is 7.89. The molecule has 1 saturated carbocycles. The highest BCUT2D eigenvalue weighted by Crippen LogP contribution is 2.49. The third-order valence-corrected chi connectivity index (χ3v) is 8.73. The molecule has 2 aliphatic carbocycles. The summed E-state index contributed by atoms with van der Waals surface area (Å²) in [6.45, 7) is 3.65. The molecule has 1 atom stereocenters. The first-order valence-corrected chi connectivity index (χ1v) is 12.7. The summed E-state index contributed by atoms with van der Waals surface area (Å²) >= 11 is 0. The number of carbonyl (C=O) groups excluding carboxylic acids is 1. The Kier molecular flexibility index (Phi) is 6.30. The summed E-state index contributed by atoms with van der Waals surface area (Å²) in [5.74, 6) is -0.398. The maximum atomic E-state index is 13.6. The maximum absolute atomic E-state index is 13.6. The van der Waals surface area contributed by atoms with Gasteiger partial charge < -0.3 is 4.74 Å². The standard InChI is InChI=1S/C23H28F3N3O4S/c1-15(30)33-10-9-29-21-6-4-5-20(19(21)14-27-29)28(3)34(31,32)18-12-16(22(2)7-8-22)11-17(13-18)23(24,25)26/h11-14,20H,4-10H2,1-3H3/t20-/m1/s1. The van der Waals surface area contributed by atoms with Crippen LogP contribution in [-0.4, -0.2) is 42.1 Å². The normalized spacial score (nSPS) is 19.7. The van der Waals surface area contributed by atoms with Gasteiger partial charge >= 0.3 is 12.1 Å². The quantitative estimate of drug-likeness (QED) is 0.533. The Hall–Kier alpha value is -2.40. The number of alkyl halides is 3. The van der Waals surface area contributed by atoms with E-state index in [4.69, 9.17) is 4.74 Å². The number of esters is 1. The summed E-state index contributed by atoms with van der Waals surface area (Å²) in [5.41, 5.74) is 0.595. The van der Waals surface area contributed by atoms with Crippen LogP contribution in [-0.2, 0) is 44.1 Å². The molecular formula is C23H28F3N3O4S. The van der Waals surface area contributed by atoms with Gasteiger partial charge in [0.15, 0.2) is 0 Å². The van der Waals surface area contributed by atoms with Crippen LogP contribution < -0.4 is 0 Å². The lowest BCUT2D eigenvalue weighted by atomic mass is 9.93. The molecule has 1 aromatic carbocycles. The van der Waals surface area contributed by atoms with E-state index in [2.05, 4.69) is 5.10 Å². The summed E-state index contributed by atoms with van der Waals surface area (Å²) in [5, 5.41) is 4.34. The fourth-order valence-electron chi connectivity index (χ4n) is 4.51. The lowest BCUT2D eigenvalue weighted by Gasteiger charge is -2.31. The lowest BCUT2D eigenvalue weighted by molar-refractivity contribution is -0.141. The molecule has 0 N–H and O–H groups in total. The van der Waals surface area contributed by atoms with E-state index >= 15 is 0 Å². The zero-order valence-corrected chi connectivity index (χ0v) is 20.2. The Morgan fingerprint density at radius 3 is 2.62 bits per heavy atom. The van der Waals surface area contributed by atoms with E-state index < -0.39 is 39.2 Å². The lowest BCUT2D eigenvalue weighted by Crippen LogP contribution is -2.33. The van der Waals surface area contributed by atoms with E-state index in [1.54, 1.807) is 10.9 Å². The van der Waals surface area contributed by atoms with Crippen molar-refractivity contribution in [1.82, 2.24) is 14.1 Å². The number of aromatic nitrogens is 2. The number of ether oxygens (including phenoxy) is 1. The summed E-state index contributed by atoms with van der Waals surface area (Å²) in [6, 6.07) is 2.64. The number of nitrogens with zero attached hydrogens (tertiary/aromatic N) is 3. The fourth-order valence-corrected chi connectivity index (χ4v) is 5.95. The number of halogens is 3. The zero-order valence-electron chi connectivity index (χ0n) is 19.4. The molecule has 0 saturated heterocycles. The van der Waals surface area contributed by atoms with Crippen molar-refractivity contribution < 1.29 is 31.1 Å². The highest BCUT2D eigenvalue weighted by Gasteiger charge is 2.43. The number of rotatable bonds is 7. The van der Waals surface area contributed by atoms with Crippen molar-refractivity contribution in [2.24, 2.45) is 0 Å². The third-order valence-electron chi connectivity index (χ3n) is 6.89. The Bertz CT molecular complexity index is 1180. The smallest absolute Gasteiger partial charge is 0.416 e. The summed E-state index contributed by atoms with van der Waals surface area (Å²) in [7, 11) is -2.80. The second-order valence-corrected chi connectivity index (χ2v) is 11.3. The average molecular weight is 500 g/mol. The van der Waals surface area contributed by atoms with Gasteiger partial charge in [-0.2, -0.15) is 22.6 Å². The van der Waals surface area contributed by atoms with Crippen LogP contribution in [0.5, 0.6) is 0 Å². The summed E-state index contributed by atoms with van der Waals surface area (Å²) in [6.07, 6.45) is 0.313. The number of fused-ring (bicyclic) bond motifs is 1. The number of hydrogen-bond acceptors (Lipinski definition) is 5. The van der Waals surface area contributed by atoms with Crippen LogP contribution in [0.2, 0.25) is 0 Å². The van der Waals surface area contributed by atoms with Crippen LogP contribution in [0.4, 0.5) is 13.2 Å². The van der Waals surface area contributed by atoms with E-state index in [0.29, 0.717) is 31.4 Å². The molecular weight excluding hydrogens is 471 g/mol. The van der Waals surface area contributed by atoms with Gasteiger partial charge in [0.2, 0.25) is 10.0 Å². The number of sulfonamides is 1. The predicted octanol–water partition coefficient (Wildman–Crippen LogP) is 4.21. The Morgan fingerprint density at radius 1 is 1.29 bits per heavy atom. The highest BCUT2D eigenvalue weighted by atomic mass is 32.2. The second-order valence-electron chi connectivity index (χ2n) is 9.34. The van der Waals surface area contributed by atoms with E-state index in [-0.39, 0.29) is 11.5 Å². The molecule has 34 heavy (non-hydrogen) atoms. The van der Waals surface area contributed by atoms with Gasteiger partial charge in [-0.05, 0) is 61.3 Å². The number of hydrogen-bond donors (Lipinski definition) is 0. The van der Waals surface area contributed by atoms with Crippen LogP contribution in [0, 0.1) is 0 Å². The van der Waals surface area contributed by atoms with Crippen molar-refractivity contribution >= 4 is 16.0 Å². The molecule has 0 aliphatic heterocycles. The van der Waals surface area contributed by atoms with E-state index in [1.807, 2.05) is 6.92 Å². The summed E-state index contributed by atoms with van der Waals surface area (Å²) < 4.78 is 75.7. The van der Waals surface area contributed by atoms with E-state index in [0.717, 1.165) is 40.5 Å². The molecule has 1 aromatic heterocycles. The first-order valence-electron chi connectivity index (χ1n) is 11.2. The molecule has 2 aliphatic rings. The number of benzene rings is 1. The van der Waals surface area contributed by atoms with Gasteiger partial charge in [-0.25, -0.2) is 8.42 Å². The van der Waals surface area contributed by atoms with Crippen molar-refractivity contribution in [3.8, 4) is 0 Å². The van der Waals surface area contributed by atoms with Gasteiger partial charge in [-0.1, -0.05) is 6.92 Å². The first-order chi connectivity index (χ1) is 15.8. The molecule has 0 unspecified atom stereocenters. The van der Waals surface area contributed by atoms with Gasteiger partial charge in [0.25, 0.3) is 0 Å². The molecule has 0 amide bonds. The van der Waals surface area contributed by atoms with Gasteiger partial charge in [-0.15, -0.1) is 0 Å². The zero-order chi connectivity index (χ0) is 24.9. The average Bonchev–Trinajstić information content (AvgIpc) is 3.39. The maximum Gasteiger partial charge on any atom is 0.416 e. The van der Waals surface area contributed by atoms with E-state index in [9.17, 15) is 26.4 Å². The third kappa shape index (κ3) is 4.72. The second kappa shape index (κ2) is 8.67. The van der Waals surface area contributed by atoms with Crippen molar-refractivity contribution in [2.75, 3.05) is 13.7 Å². The van der Waals surface area contributed by atoms with Crippen molar-refractivity contribution in [1.29, 1.82) is 0 Å². The molecule has 7 nitrogen and oxygen atoms in total. The van der Waals surface area contributed by atoms with Crippen molar-refractivity contribution in [3.05, 3.63) is 46.8 Å². The monoisotopic (exact) mass is 499 g/mol. The molecule has 0 radical (unpaired) electrons. The SMILES string of the molecule is CC(=O)OCCn1ncc2c1CCC[C@H]2N(C)S(=O)(=O)c1cc(C(F)(F)F)cc(C2(C)CC2)c1. The molecule has 11 heteroatoms. The van der Waals surface area contributed by atoms with Crippen LogP contribution in [0.3, 0.4) is 0 Å². The van der Waals surface area contributed by atoms with Crippen LogP contribution in [0.15, 0.2) is 29.3 Å². The minimum Gasteiger partial charge on any atom is -0.464 e. The molecule has 1 heterocycles. The van der Waals surface area contributed by atoms with Crippen molar-refractivity contribution in [3.63, 3.8) is 0 Å². The summed E-state index contributed by atoms with van der Waals surface area (Å²) in [4.78, 5) is 10.7. The first kappa shape index (κ1) is 24.7. The van der Waals surface area contributed by atoms with Gasteiger partial charge in [-0.3, -0.25) is 9.48 Å². The van der Waals surface area contributed by atoms with Crippen LogP contribution in [0.25, 0.3) is 0 Å². The molecule has 0 bridgehead atoms. The van der Waals surface area contributed by atoms with Crippen molar-refractivity contribution in [2.45, 2.75) is 75.0 Å². The molecule has 2 aromatic rings. The molecule has 4 rings (SSSR count). The minimum absolute atomic E-state index is 0.147. The Labute approximate surface area is 196 Å².